The average molecular weight is 341 g/mol. The predicted octanol–water partition coefficient (Wildman–Crippen LogP) is 4.18. The lowest BCUT2D eigenvalue weighted by Crippen LogP contribution is -2.43. The fourth-order valence-electron chi connectivity index (χ4n) is 3.19. The van der Waals surface area contributed by atoms with Crippen molar-refractivity contribution in [3.05, 3.63) is 54.0 Å². The van der Waals surface area contributed by atoms with Crippen molar-refractivity contribution in [3.63, 3.8) is 0 Å². The molecule has 1 aromatic heterocycles. The molecule has 5 heteroatoms. The van der Waals surface area contributed by atoms with Gasteiger partial charge in [-0.1, -0.05) is 30.0 Å². The highest BCUT2D eigenvalue weighted by atomic mass is 32.2. The molecule has 124 valence electrons. The number of benzene rings is 2. The number of piperazine rings is 1. The normalized spacial score (nSPS) is 15.2. The summed E-state index contributed by atoms with van der Waals surface area (Å²) in [7, 11) is 0. The largest absolute Gasteiger partial charge is 0.368 e. The maximum atomic E-state index is 14.8. The van der Waals surface area contributed by atoms with Gasteiger partial charge in [0.25, 0.3) is 0 Å². The number of fused-ring (bicyclic) bond motifs is 1. The van der Waals surface area contributed by atoms with E-state index in [1.54, 1.807) is 6.07 Å². The number of H-pyrrole nitrogens is 1. The van der Waals surface area contributed by atoms with E-state index < -0.39 is 0 Å². The van der Waals surface area contributed by atoms with Crippen LogP contribution in [0.5, 0.6) is 0 Å². The third-order valence-electron chi connectivity index (χ3n) is 4.39. The van der Waals surface area contributed by atoms with Crippen LogP contribution in [0.2, 0.25) is 0 Å². The molecule has 2 N–H and O–H groups in total. The van der Waals surface area contributed by atoms with Crippen LogP contribution in [0.25, 0.3) is 10.9 Å². The lowest BCUT2D eigenvalue weighted by atomic mass is 10.2. The number of hydrogen-bond donors (Lipinski definition) is 2. The van der Waals surface area contributed by atoms with Gasteiger partial charge in [-0.25, -0.2) is 4.39 Å². The Morgan fingerprint density at radius 1 is 1.12 bits per heavy atom. The summed E-state index contributed by atoms with van der Waals surface area (Å²) in [6, 6.07) is 11.9. The molecule has 0 saturated carbocycles. The van der Waals surface area contributed by atoms with Crippen molar-refractivity contribution in [2.75, 3.05) is 31.1 Å². The first kappa shape index (κ1) is 15.5. The van der Waals surface area contributed by atoms with Gasteiger partial charge in [-0.15, -0.1) is 0 Å². The van der Waals surface area contributed by atoms with Crippen LogP contribution in [0, 0.1) is 12.7 Å². The first-order chi connectivity index (χ1) is 11.7. The third kappa shape index (κ3) is 2.89. The molecule has 0 spiro atoms. The fourth-order valence-corrected chi connectivity index (χ4v) is 4.27. The van der Waals surface area contributed by atoms with Crippen LogP contribution in [0.4, 0.5) is 10.1 Å². The second-order valence-electron chi connectivity index (χ2n) is 6.13. The summed E-state index contributed by atoms with van der Waals surface area (Å²) in [4.78, 5) is 7.33. The summed E-state index contributed by atoms with van der Waals surface area (Å²) in [6.07, 6.45) is 1.97. The molecular formula is C19H20FN3S. The average Bonchev–Trinajstić information content (AvgIpc) is 3.01. The molecule has 24 heavy (non-hydrogen) atoms. The lowest BCUT2D eigenvalue weighted by molar-refractivity contribution is 0.572. The first-order valence-electron chi connectivity index (χ1n) is 8.22. The molecule has 0 radical (unpaired) electrons. The topological polar surface area (TPSA) is 31.1 Å². The number of aryl methyl sites for hydroxylation is 1. The molecule has 3 aromatic rings. The van der Waals surface area contributed by atoms with Crippen LogP contribution in [0.3, 0.4) is 0 Å². The van der Waals surface area contributed by atoms with Crippen LogP contribution in [-0.4, -0.2) is 31.2 Å². The quantitative estimate of drug-likeness (QED) is 0.749. The minimum Gasteiger partial charge on any atom is -0.368 e. The molecule has 1 aliphatic heterocycles. The van der Waals surface area contributed by atoms with E-state index in [1.807, 2.05) is 31.3 Å². The van der Waals surface area contributed by atoms with Crippen LogP contribution in [0.1, 0.15) is 5.56 Å². The molecule has 0 unspecified atom stereocenters. The van der Waals surface area contributed by atoms with E-state index in [0.29, 0.717) is 4.90 Å². The maximum Gasteiger partial charge on any atom is 0.139 e. The van der Waals surface area contributed by atoms with Crippen LogP contribution in [-0.2, 0) is 0 Å². The molecule has 2 heterocycles. The Kier molecular flexibility index (Phi) is 4.21. The van der Waals surface area contributed by atoms with Crippen molar-refractivity contribution >= 4 is 28.4 Å². The monoisotopic (exact) mass is 341 g/mol. The zero-order valence-electron chi connectivity index (χ0n) is 13.6. The minimum absolute atomic E-state index is 0.140. The predicted molar refractivity (Wildman–Crippen MR) is 98.6 cm³/mol. The fraction of sp³-hybridized carbons (Fsp3) is 0.263. The van der Waals surface area contributed by atoms with E-state index in [2.05, 4.69) is 27.3 Å². The number of hydrogen-bond acceptors (Lipinski definition) is 3. The van der Waals surface area contributed by atoms with Crippen molar-refractivity contribution in [1.82, 2.24) is 10.3 Å². The number of nitrogens with one attached hydrogen (secondary N) is 2. The van der Waals surface area contributed by atoms with Gasteiger partial charge in [0.1, 0.15) is 5.82 Å². The molecular weight excluding hydrogens is 321 g/mol. The second kappa shape index (κ2) is 6.49. The van der Waals surface area contributed by atoms with Gasteiger partial charge in [-0.3, -0.25) is 0 Å². The lowest BCUT2D eigenvalue weighted by Gasteiger charge is -2.31. The van der Waals surface area contributed by atoms with E-state index in [0.717, 1.165) is 53.2 Å². The molecule has 1 aliphatic rings. The summed E-state index contributed by atoms with van der Waals surface area (Å²) >= 11 is 1.51. The molecule has 4 rings (SSSR count). The van der Waals surface area contributed by atoms with Gasteiger partial charge >= 0.3 is 0 Å². The summed E-state index contributed by atoms with van der Waals surface area (Å²) < 4.78 is 14.8. The highest BCUT2D eigenvalue weighted by Crippen LogP contribution is 2.41. The smallest absolute Gasteiger partial charge is 0.139 e. The summed E-state index contributed by atoms with van der Waals surface area (Å²) in [6.45, 7) is 5.64. The maximum absolute atomic E-state index is 14.8. The summed E-state index contributed by atoms with van der Waals surface area (Å²) in [5, 5.41) is 4.49. The minimum atomic E-state index is -0.140. The Bertz CT molecular complexity index is 868. The highest BCUT2D eigenvalue weighted by molar-refractivity contribution is 7.99. The SMILES string of the molecule is Cc1cc(F)c(Sc2c[nH]c3ccccc23)c(N2CCNCC2)c1. The third-order valence-corrected chi connectivity index (χ3v) is 5.56. The molecule has 0 atom stereocenters. The molecule has 1 saturated heterocycles. The van der Waals surface area contributed by atoms with Crippen molar-refractivity contribution < 1.29 is 4.39 Å². The van der Waals surface area contributed by atoms with Gasteiger partial charge in [0.15, 0.2) is 0 Å². The van der Waals surface area contributed by atoms with Crippen LogP contribution in [0.15, 0.2) is 52.4 Å². The Morgan fingerprint density at radius 3 is 2.75 bits per heavy atom. The molecule has 0 aliphatic carbocycles. The van der Waals surface area contributed by atoms with Crippen molar-refractivity contribution in [2.45, 2.75) is 16.7 Å². The molecule has 0 amide bonds. The standard InChI is InChI=1S/C19H20FN3S/c1-13-10-15(20)19(17(11-13)23-8-6-21-7-9-23)24-18-12-22-16-5-3-2-4-14(16)18/h2-5,10-12,21-22H,6-9H2,1H3. The Morgan fingerprint density at radius 2 is 1.92 bits per heavy atom. The number of para-hydroxylation sites is 1. The van der Waals surface area contributed by atoms with Gasteiger partial charge < -0.3 is 15.2 Å². The van der Waals surface area contributed by atoms with Gasteiger partial charge in [0.2, 0.25) is 0 Å². The van der Waals surface area contributed by atoms with Gasteiger partial charge in [-0.2, -0.15) is 0 Å². The van der Waals surface area contributed by atoms with Crippen molar-refractivity contribution in [3.8, 4) is 0 Å². The van der Waals surface area contributed by atoms with Crippen LogP contribution < -0.4 is 10.2 Å². The van der Waals surface area contributed by atoms with Gasteiger partial charge in [0.05, 0.1) is 10.6 Å². The molecule has 1 fully saturated rings. The van der Waals surface area contributed by atoms with E-state index in [4.69, 9.17) is 0 Å². The molecule has 0 bridgehead atoms. The number of anilines is 1. The number of halogens is 1. The molecule has 2 aromatic carbocycles. The Labute approximate surface area is 145 Å². The Hall–Kier alpha value is -1.98. The number of aromatic amines is 1. The molecule has 3 nitrogen and oxygen atoms in total. The van der Waals surface area contributed by atoms with E-state index >= 15 is 0 Å². The summed E-state index contributed by atoms with van der Waals surface area (Å²) in [5.74, 6) is -0.140. The van der Waals surface area contributed by atoms with Crippen molar-refractivity contribution in [2.24, 2.45) is 0 Å². The van der Waals surface area contributed by atoms with E-state index in [-0.39, 0.29) is 5.82 Å². The first-order valence-corrected chi connectivity index (χ1v) is 9.04. The summed E-state index contributed by atoms with van der Waals surface area (Å²) in [5.41, 5.74) is 3.05. The number of nitrogens with zero attached hydrogens (tertiary/aromatic N) is 1. The van der Waals surface area contributed by atoms with Crippen molar-refractivity contribution in [1.29, 1.82) is 0 Å². The van der Waals surface area contributed by atoms with E-state index in [9.17, 15) is 4.39 Å². The number of rotatable bonds is 3. The second-order valence-corrected chi connectivity index (χ2v) is 7.18. The number of aromatic nitrogens is 1. The van der Waals surface area contributed by atoms with Gasteiger partial charge in [0, 0.05) is 48.2 Å². The van der Waals surface area contributed by atoms with Crippen LogP contribution >= 0.6 is 11.8 Å². The zero-order valence-corrected chi connectivity index (χ0v) is 14.4. The zero-order chi connectivity index (χ0) is 16.5. The Balaban J connectivity index is 1.76. The van der Waals surface area contributed by atoms with Gasteiger partial charge in [-0.05, 0) is 30.7 Å². The highest BCUT2D eigenvalue weighted by Gasteiger charge is 2.19. The van der Waals surface area contributed by atoms with E-state index in [1.165, 1.54) is 11.8 Å².